The van der Waals surface area contributed by atoms with Crippen molar-refractivity contribution in [1.29, 1.82) is 0 Å². The predicted molar refractivity (Wildman–Crippen MR) is 62.9 cm³/mol. The maximum Gasteiger partial charge on any atom is 0.232 e. The number of rotatable bonds is 3. The Morgan fingerprint density at radius 3 is 2.33 bits per heavy atom. The monoisotopic (exact) mass is 245 g/mol. The molecule has 0 fully saturated rings. The average Bonchev–Trinajstić information content (AvgIpc) is 2.16. The maximum atomic E-state index is 11.2. The summed E-state index contributed by atoms with van der Waals surface area (Å²) in [6.07, 6.45) is 2.71. The summed E-state index contributed by atoms with van der Waals surface area (Å²) in [5, 5.41) is 0.170. The lowest BCUT2D eigenvalue weighted by Gasteiger charge is -2.14. The summed E-state index contributed by atoms with van der Waals surface area (Å²) >= 11 is 5.86. The van der Waals surface area contributed by atoms with Crippen molar-refractivity contribution in [2.24, 2.45) is 0 Å². The van der Waals surface area contributed by atoms with Gasteiger partial charge in [-0.2, -0.15) is 0 Å². The van der Waals surface area contributed by atoms with Crippen LogP contribution in [0.1, 0.15) is 5.56 Å². The van der Waals surface area contributed by atoms with Gasteiger partial charge in [-0.3, -0.25) is 4.31 Å². The van der Waals surface area contributed by atoms with Crippen molar-refractivity contribution in [3.8, 4) is 0 Å². The van der Waals surface area contributed by atoms with Crippen LogP contribution in [0.5, 0.6) is 0 Å². The van der Waals surface area contributed by atoms with Crippen molar-refractivity contribution in [2.45, 2.75) is 0 Å². The van der Waals surface area contributed by atoms with E-state index in [0.717, 1.165) is 16.1 Å². The second-order valence-electron chi connectivity index (χ2n) is 3.11. The van der Waals surface area contributed by atoms with E-state index in [0.29, 0.717) is 0 Å². The van der Waals surface area contributed by atoms with Crippen LogP contribution in [0.3, 0.4) is 0 Å². The fourth-order valence-electron chi connectivity index (χ4n) is 0.936. The first-order chi connectivity index (χ1) is 6.91. The molecule has 0 N–H and O–H groups in total. The highest BCUT2D eigenvalue weighted by molar-refractivity contribution is 7.88. The zero-order valence-electron chi connectivity index (χ0n) is 8.51. The normalized spacial score (nSPS) is 12.6. The van der Waals surface area contributed by atoms with Crippen molar-refractivity contribution in [1.82, 2.24) is 4.31 Å². The molecule has 0 unspecified atom stereocenters. The first kappa shape index (κ1) is 12.1. The van der Waals surface area contributed by atoms with Crippen LogP contribution in [-0.4, -0.2) is 26.0 Å². The smallest absolute Gasteiger partial charge is 0.232 e. The van der Waals surface area contributed by atoms with E-state index in [1.54, 1.807) is 6.08 Å². The largest absolute Gasteiger partial charge is 0.263 e. The molecular weight excluding hydrogens is 234 g/mol. The summed E-state index contributed by atoms with van der Waals surface area (Å²) in [5.41, 5.74) is 0.859. The molecule has 0 aliphatic heterocycles. The Bertz CT molecular complexity index is 454. The predicted octanol–water partition coefficient (Wildman–Crippen LogP) is 2.12. The molecule has 0 spiro atoms. The highest BCUT2D eigenvalue weighted by atomic mass is 35.5. The van der Waals surface area contributed by atoms with Gasteiger partial charge >= 0.3 is 0 Å². The number of nitrogens with zero attached hydrogens (tertiary/aromatic N) is 1. The van der Waals surface area contributed by atoms with Crippen molar-refractivity contribution < 1.29 is 8.42 Å². The molecule has 0 aliphatic rings. The SMILES string of the molecule is CN(/C(Cl)=C\c1ccccc1)S(C)(=O)=O. The van der Waals surface area contributed by atoms with Gasteiger partial charge in [0, 0.05) is 7.05 Å². The third-order valence-corrected chi connectivity index (χ3v) is 3.54. The van der Waals surface area contributed by atoms with Crippen molar-refractivity contribution in [2.75, 3.05) is 13.3 Å². The highest BCUT2D eigenvalue weighted by Gasteiger charge is 2.12. The minimum atomic E-state index is -3.29. The summed E-state index contributed by atoms with van der Waals surface area (Å²) < 4.78 is 23.4. The van der Waals surface area contributed by atoms with E-state index < -0.39 is 10.0 Å². The first-order valence-corrected chi connectivity index (χ1v) is 6.50. The number of hydrogen-bond acceptors (Lipinski definition) is 2. The van der Waals surface area contributed by atoms with Crippen LogP contribution < -0.4 is 0 Å². The van der Waals surface area contributed by atoms with Crippen molar-refractivity contribution >= 4 is 27.7 Å². The Morgan fingerprint density at radius 2 is 1.87 bits per heavy atom. The third-order valence-electron chi connectivity index (χ3n) is 1.88. The molecule has 0 atom stereocenters. The Morgan fingerprint density at radius 1 is 1.33 bits per heavy atom. The number of halogens is 1. The average molecular weight is 246 g/mol. The van der Waals surface area contributed by atoms with Gasteiger partial charge in [-0.25, -0.2) is 8.42 Å². The second kappa shape index (κ2) is 4.68. The lowest BCUT2D eigenvalue weighted by atomic mass is 10.2. The number of sulfonamides is 1. The first-order valence-electron chi connectivity index (χ1n) is 4.27. The van der Waals surface area contributed by atoms with Gasteiger partial charge in [0.1, 0.15) is 5.16 Å². The van der Waals surface area contributed by atoms with Crippen LogP contribution in [0.4, 0.5) is 0 Å². The molecule has 1 aromatic rings. The fourth-order valence-corrected chi connectivity index (χ4v) is 1.81. The summed E-state index contributed by atoms with van der Waals surface area (Å²) in [4.78, 5) is 0. The van der Waals surface area contributed by atoms with Crippen LogP contribution >= 0.6 is 11.6 Å². The van der Waals surface area contributed by atoms with Gasteiger partial charge in [0.2, 0.25) is 10.0 Å². The van der Waals surface area contributed by atoms with E-state index in [1.165, 1.54) is 7.05 Å². The van der Waals surface area contributed by atoms with Gasteiger partial charge in [-0.15, -0.1) is 0 Å². The molecule has 0 saturated carbocycles. The summed E-state index contributed by atoms with van der Waals surface area (Å²) in [6, 6.07) is 9.29. The number of benzene rings is 1. The Kier molecular flexibility index (Phi) is 3.77. The standard InChI is InChI=1S/C10H12ClNO2S/c1-12(15(2,13)14)10(11)8-9-6-4-3-5-7-9/h3-8H,1-2H3/b10-8-. The van der Waals surface area contributed by atoms with E-state index in [-0.39, 0.29) is 5.16 Å². The lowest BCUT2D eigenvalue weighted by molar-refractivity contribution is 0.542. The Labute approximate surface area is 95.0 Å². The van der Waals surface area contributed by atoms with Crippen LogP contribution in [0.15, 0.2) is 35.5 Å². The quantitative estimate of drug-likeness (QED) is 0.765. The molecule has 5 heteroatoms. The molecule has 15 heavy (non-hydrogen) atoms. The molecule has 0 heterocycles. The van der Waals surface area contributed by atoms with Crippen LogP contribution in [0.25, 0.3) is 6.08 Å². The zero-order valence-corrected chi connectivity index (χ0v) is 10.1. The van der Waals surface area contributed by atoms with Gasteiger partial charge in [0.05, 0.1) is 6.26 Å². The molecular formula is C10H12ClNO2S. The minimum Gasteiger partial charge on any atom is -0.263 e. The van der Waals surface area contributed by atoms with Gasteiger partial charge in [-0.1, -0.05) is 41.9 Å². The fraction of sp³-hybridized carbons (Fsp3) is 0.200. The van der Waals surface area contributed by atoms with E-state index in [9.17, 15) is 8.42 Å². The van der Waals surface area contributed by atoms with Crippen molar-refractivity contribution in [3.05, 3.63) is 41.1 Å². The van der Waals surface area contributed by atoms with E-state index in [4.69, 9.17) is 11.6 Å². The van der Waals surface area contributed by atoms with Crippen LogP contribution in [-0.2, 0) is 10.0 Å². The van der Waals surface area contributed by atoms with Gasteiger partial charge in [0.15, 0.2) is 0 Å². The molecule has 1 aromatic carbocycles. The lowest BCUT2D eigenvalue weighted by Crippen LogP contribution is -2.22. The molecule has 0 aromatic heterocycles. The topological polar surface area (TPSA) is 37.4 Å². The van der Waals surface area contributed by atoms with Gasteiger partial charge in [-0.05, 0) is 11.6 Å². The van der Waals surface area contributed by atoms with Gasteiger partial charge < -0.3 is 0 Å². The summed E-state index contributed by atoms with van der Waals surface area (Å²) in [7, 11) is -1.88. The maximum absolute atomic E-state index is 11.2. The highest BCUT2D eigenvalue weighted by Crippen LogP contribution is 2.15. The second-order valence-corrected chi connectivity index (χ2v) is 5.51. The van der Waals surface area contributed by atoms with Gasteiger partial charge in [0.25, 0.3) is 0 Å². The molecule has 0 aliphatic carbocycles. The minimum absolute atomic E-state index is 0.170. The van der Waals surface area contributed by atoms with Crippen LogP contribution in [0, 0.1) is 0 Å². The van der Waals surface area contributed by atoms with E-state index >= 15 is 0 Å². The molecule has 82 valence electrons. The molecule has 0 radical (unpaired) electrons. The summed E-state index contributed by atoms with van der Waals surface area (Å²) in [5.74, 6) is 0. The van der Waals surface area contributed by atoms with E-state index in [1.807, 2.05) is 30.3 Å². The molecule has 0 saturated heterocycles. The Balaban J connectivity index is 2.95. The Hall–Kier alpha value is -1.00. The molecule has 0 bridgehead atoms. The summed E-state index contributed by atoms with van der Waals surface area (Å²) in [6.45, 7) is 0. The molecule has 0 amide bonds. The van der Waals surface area contributed by atoms with Crippen molar-refractivity contribution in [3.63, 3.8) is 0 Å². The van der Waals surface area contributed by atoms with E-state index in [2.05, 4.69) is 0 Å². The van der Waals surface area contributed by atoms with Crippen LogP contribution in [0.2, 0.25) is 0 Å². The molecule has 1 rings (SSSR count). The number of hydrogen-bond donors (Lipinski definition) is 0. The zero-order chi connectivity index (χ0) is 11.5. The molecule has 3 nitrogen and oxygen atoms in total. The third kappa shape index (κ3) is 3.57.